The van der Waals surface area contributed by atoms with Gasteiger partial charge in [0.25, 0.3) is 0 Å². The minimum Gasteiger partial charge on any atom is -0.496 e. The highest BCUT2D eigenvalue weighted by Gasteiger charge is 2.13. The van der Waals surface area contributed by atoms with Gasteiger partial charge >= 0.3 is 0 Å². The number of rotatable bonds is 3. The predicted octanol–water partition coefficient (Wildman–Crippen LogP) is 4.01. The van der Waals surface area contributed by atoms with Gasteiger partial charge in [0.05, 0.1) is 16.4 Å². The van der Waals surface area contributed by atoms with Crippen molar-refractivity contribution in [3.8, 4) is 5.75 Å². The normalized spacial score (nSPS) is 11.0. The third-order valence-electron chi connectivity index (χ3n) is 3.66. The second-order valence-electron chi connectivity index (χ2n) is 5.23. The quantitative estimate of drug-likeness (QED) is 0.666. The Morgan fingerprint density at radius 2 is 2.00 bits per heavy atom. The van der Waals surface area contributed by atoms with Gasteiger partial charge in [-0.2, -0.15) is 0 Å². The summed E-state index contributed by atoms with van der Waals surface area (Å²) < 4.78 is 8.34. The lowest BCUT2D eigenvalue weighted by Crippen LogP contribution is -2.03. The largest absolute Gasteiger partial charge is 0.496 e. The van der Waals surface area contributed by atoms with Crippen LogP contribution < -0.4 is 10.1 Å². The lowest BCUT2D eigenvalue weighted by molar-refractivity contribution is 0.412. The third kappa shape index (κ3) is 2.51. The van der Waals surface area contributed by atoms with Crippen LogP contribution in [-0.4, -0.2) is 21.5 Å². The van der Waals surface area contributed by atoms with Gasteiger partial charge in [-0.15, -0.1) is 0 Å². The van der Waals surface area contributed by atoms with E-state index in [-0.39, 0.29) is 0 Å². The molecule has 1 N–H and O–H groups in total. The van der Waals surface area contributed by atoms with E-state index >= 15 is 0 Å². The van der Waals surface area contributed by atoms with Crippen molar-refractivity contribution < 1.29 is 4.74 Å². The first-order valence-electron chi connectivity index (χ1n) is 6.92. The number of hydrogen-bond acceptors (Lipinski definition) is 4. The predicted molar refractivity (Wildman–Crippen MR) is 96.2 cm³/mol. The summed E-state index contributed by atoms with van der Waals surface area (Å²) in [5.41, 5.74) is 5.13. The van der Waals surface area contributed by atoms with Crippen molar-refractivity contribution in [2.75, 3.05) is 12.4 Å². The zero-order valence-electron chi connectivity index (χ0n) is 12.9. The van der Waals surface area contributed by atoms with E-state index in [0.717, 1.165) is 43.3 Å². The van der Waals surface area contributed by atoms with Crippen molar-refractivity contribution in [1.82, 2.24) is 14.4 Å². The monoisotopic (exact) mass is 408 g/mol. The fourth-order valence-corrected chi connectivity index (χ4v) is 3.17. The fourth-order valence-electron chi connectivity index (χ4n) is 2.50. The highest BCUT2D eigenvalue weighted by atomic mass is 127. The molecular formula is C16H17IN4O. The summed E-state index contributed by atoms with van der Waals surface area (Å²) in [6.07, 6.45) is 3.75. The molecule has 0 aliphatic heterocycles. The molecular weight excluding hydrogens is 391 g/mol. The van der Waals surface area contributed by atoms with E-state index in [2.05, 4.69) is 44.8 Å². The number of benzene rings is 1. The third-order valence-corrected chi connectivity index (χ3v) is 4.65. The maximum absolute atomic E-state index is 5.40. The summed E-state index contributed by atoms with van der Waals surface area (Å²) in [7, 11) is 1.68. The SMILES string of the molecule is COc1ccc(C)c(Nc2ncn3cc(C)nc3c2I)c1C. The molecule has 114 valence electrons. The summed E-state index contributed by atoms with van der Waals surface area (Å²) in [4.78, 5) is 9.06. The van der Waals surface area contributed by atoms with Crippen molar-refractivity contribution in [2.45, 2.75) is 20.8 Å². The minimum atomic E-state index is 0.804. The Bertz CT molecular complexity index is 857. The van der Waals surface area contributed by atoms with Crippen molar-refractivity contribution in [1.29, 1.82) is 0 Å². The number of fused-ring (bicyclic) bond motifs is 1. The van der Waals surface area contributed by atoms with E-state index in [1.54, 1.807) is 13.4 Å². The van der Waals surface area contributed by atoms with Crippen LogP contribution in [0.2, 0.25) is 0 Å². The number of methoxy groups -OCH3 is 1. The van der Waals surface area contributed by atoms with Gasteiger partial charge in [-0.1, -0.05) is 6.07 Å². The zero-order valence-corrected chi connectivity index (χ0v) is 15.1. The molecule has 3 rings (SSSR count). The van der Waals surface area contributed by atoms with Crippen molar-refractivity contribution in [3.05, 3.63) is 45.0 Å². The molecule has 0 fully saturated rings. The van der Waals surface area contributed by atoms with Gasteiger partial charge < -0.3 is 10.1 Å². The van der Waals surface area contributed by atoms with Gasteiger partial charge in [0.1, 0.15) is 17.9 Å². The molecule has 0 aliphatic rings. The number of nitrogens with zero attached hydrogens (tertiary/aromatic N) is 3. The van der Waals surface area contributed by atoms with Gasteiger partial charge in [0.15, 0.2) is 5.65 Å². The van der Waals surface area contributed by atoms with Crippen LogP contribution in [-0.2, 0) is 0 Å². The lowest BCUT2D eigenvalue weighted by Gasteiger charge is -2.16. The maximum atomic E-state index is 5.40. The summed E-state index contributed by atoms with van der Waals surface area (Å²) in [6.45, 7) is 6.09. The summed E-state index contributed by atoms with van der Waals surface area (Å²) >= 11 is 2.28. The molecule has 0 aliphatic carbocycles. The molecule has 2 aromatic heterocycles. The van der Waals surface area contributed by atoms with Crippen LogP contribution in [0, 0.1) is 24.3 Å². The average molecular weight is 408 g/mol. The van der Waals surface area contributed by atoms with Crippen molar-refractivity contribution in [3.63, 3.8) is 0 Å². The lowest BCUT2D eigenvalue weighted by atomic mass is 10.1. The summed E-state index contributed by atoms with van der Waals surface area (Å²) in [5.74, 6) is 1.67. The van der Waals surface area contributed by atoms with E-state index in [1.165, 1.54) is 0 Å². The molecule has 22 heavy (non-hydrogen) atoms. The minimum absolute atomic E-state index is 0.804. The molecule has 6 heteroatoms. The molecule has 5 nitrogen and oxygen atoms in total. The van der Waals surface area contributed by atoms with Crippen molar-refractivity contribution in [2.24, 2.45) is 0 Å². The number of imidazole rings is 1. The van der Waals surface area contributed by atoms with Gasteiger partial charge in [-0.3, -0.25) is 4.40 Å². The highest BCUT2D eigenvalue weighted by Crippen LogP contribution is 2.32. The topological polar surface area (TPSA) is 51.5 Å². The van der Waals surface area contributed by atoms with Crippen LogP contribution in [0.5, 0.6) is 5.75 Å². The first-order chi connectivity index (χ1) is 10.5. The molecule has 0 bridgehead atoms. The standard InChI is InChI=1S/C16H17IN4O/c1-9-5-6-12(22-4)11(3)14(9)20-15-13(17)16-19-10(2)7-21(16)8-18-15/h5-8,20H,1-4H3. The molecule has 0 radical (unpaired) electrons. The van der Waals surface area contributed by atoms with Crippen LogP contribution in [0.25, 0.3) is 5.65 Å². The molecule has 0 unspecified atom stereocenters. The van der Waals surface area contributed by atoms with E-state index < -0.39 is 0 Å². The zero-order chi connectivity index (χ0) is 15.9. The summed E-state index contributed by atoms with van der Waals surface area (Å²) in [6, 6.07) is 4.02. The smallest absolute Gasteiger partial charge is 0.155 e. The van der Waals surface area contributed by atoms with Gasteiger partial charge in [-0.05, 0) is 55.0 Å². The van der Waals surface area contributed by atoms with E-state index in [0.29, 0.717) is 0 Å². The first kappa shape index (κ1) is 15.1. The van der Waals surface area contributed by atoms with E-state index in [4.69, 9.17) is 4.74 Å². The maximum Gasteiger partial charge on any atom is 0.155 e. The summed E-state index contributed by atoms with van der Waals surface area (Å²) in [5, 5.41) is 3.43. The fraction of sp³-hybridized carbons (Fsp3) is 0.250. The molecule has 0 atom stereocenters. The second-order valence-corrected chi connectivity index (χ2v) is 6.31. The molecule has 0 spiro atoms. The Hall–Kier alpha value is -1.83. The molecule has 0 saturated carbocycles. The number of halogens is 1. The number of hydrogen-bond donors (Lipinski definition) is 1. The number of aromatic nitrogens is 3. The van der Waals surface area contributed by atoms with Gasteiger partial charge in [-0.25, -0.2) is 9.97 Å². The molecule has 0 saturated heterocycles. The van der Waals surface area contributed by atoms with Crippen LogP contribution in [0.15, 0.2) is 24.7 Å². The number of ether oxygens (including phenoxy) is 1. The first-order valence-corrected chi connectivity index (χ1v) is 8.00. The van der Waals surface area contributed by atoms with Crippen molar-refractivity contribution >= 4 is 39.7 Å². The number of nitrogens with one attached hydrogen (secondary N) is 1. The molecule has 3 aromatic rings. The molecule has 0 amide bonds. The second kappa shape index (κ2) is 5.75. The highest BCUT2D eigenvalue weighted by molar-refractivity contribution is 14.1. The van der Waals surface area contributed by atoms with Crippen LogP contribution in [0.3, 0.4) is 0 Å². The van der Waals surface area contributed by atoms with E-state index in [1.807, 2.05) is 36.6 Å². The Labute approximate surface area is 142 Å². The van der Waals surface area contributed by atoms with Crippen LogP contribution in [0.1, 0.15) is 16.8 Å². The van der Waals surface area contributed by atoms with Gasteiger partial charge in [0, 0.05) is 17.4 Å². The van der Waals surface area contributed by atoms with Gasteiger partial charge in [0.2, 0.25) is 0 Å². The number of anilines is 2. The molecule has 1 aromatic carbocycles. The Morgan fingerprint density at radius 1 is 1.23 bits per heavy atom. The molecule has 2 heterocycles. The van der Waals surface area contributed by atoms with Crippen LogP contribution >= 0.6 is 22.6 Å². The number of aryl methyl sites for hydroxylation is 2. The Morgan fingerprint density at radius 3 is 2.73 bits per heavy atom. The Balaban J connectivity index is 2.09. The van der Waals surface area contributed by atoms with Crippen LogP contribution in [0.4, 0.5) is 11.5 Å². The average Bonchev–Trinajstić information content (AvgIpc) is 2.87. The van der Waals surface area contributed by atoms with E-state index in [9.17, 15) is 0 Å². The Kier molecular flexibility index (Phi) is 3.94.